The predicted molar refractivity (Wildman–Crippen MR) is 40.3 cm³/mol. The fraction of sp³-hybridized carbons (Fsp3) is 0.778. The van der Waals surface area contributed by atoms with E-state index < -0.39 is 0 Å². The van der Waals surface area contributed by atoms with Crippen molar-refractivity contribution in [2.24, 2.45) is 0 Å². The molecule has 3 rings (SSSR count). The molecule has 0 amide bonds. The average Bonchev–Trinajstić information content (AvgIpc) is 2.68. The first-order chi connectivity index (χ1) is 5.06. The molecule has 2 heteroatoms. The fourth-order valence-electron chi connectivity index (χ4n) is 2.51. The molecule has 1 aliphatic carbocycles. The Balaban J connectivity index is 2.09. The van der Waals surface area contributed by atoms with E-state index in [0.29, 0.717) is 12.2 Å². The molecule has 0 bridgehead atoms. The van der Waals surface area contributed by atoms with Gasteiger partial charge in [-0.05, 0) is 32.4 Å². The highest BCUT2D eigenvalue weighted by atomic mass is 16.7. The number of epoxide rings is 2. The zero-order valence-corrected chi connectivity index (χ0v) is 7.05. The third-order valence-corrected chi connectivity index (χ3v) is 3.12. The molecule has 0 radical (unpaired) electrons. The van der Waals surface area contributed by atoms with Gasteiger partial charge in [-0.25, -0.2) is 0 Å². The summed E-state index contributed by atoms with van der Waals surface area (Å²) in [4.78, 5) is 0. The third kappa shape index (κ3) is 0.531. The molecular weight excluding hydrogens is 140 g/mol. The molecule has 2 fully saturated rings. The van der Waals surface area contributed by atoms with Crippen molar-refractivity contribution in [3.63, 3.8) is 0 Å². The maximum Gasteiger partial charge on any atom is 0.125 e. The van der Waals surface area contributed by atoms with Gasteiger partial charge in [-0.15, -0.1) is 0 Å². The lowest BCUT2D eigenvalue weighted by molar-refractivity contribution is 0.243. The van der Waals surface area contributed by atoms with Crippen molar-refractivity contribution in [2.45, 2.75) is 44.2 Å². The lowest BCUT2D eigenvalue weighted by Gasteiger charge is -2.10. The minimum atomic E-state index is 0.00579. The number of hydrogen-bond acceptors (Lipinski definition) is 2. The van der Waals surface area contributed by atoms with Crippen molar-refractivity contribution in [1.29, 1.82) is 0 Å². The topological polar surface area (TPSA) is 25.1 Å². The Labute approximate surface area is 66.2 Å². The molecule has 0 aromatic rings. The van der Waals surface area contributed by atoms with Gasteiger partial charge in [0, 0.05) is 0 Å². The molecule has 0 aromatic carbocycles. The first-order valence-electron chi connectivity index (χ1n) is 4.11. The van der Waals surface area contributed by atoms with Gasteiger partial charge in [0.25, 0.3) is 0 Å². The van der Waals surface area contributed by atoms with Gasteiger partial charge in [0.2, 0.25) is 0 Å². The van der Waals surface area contributed by atoms with E-state index in [-0.39, 0.29) is 11.2 Å². The van der Waals surface area contributed by atoms with Gasteiger partial charge in [0.05, 0.1) is 0 Å². The van der Waals surface area contributed by atoms with Crippen molar-refractivity contribution in [3.05, 3.63) is 11.6 Å². The first-order valence-corrected chi connectivity index (χ1v) is 4.11. The van der Waals surface area contributed by atoms with Crippen LogP contribution in [0.5, 0.6) is 0 Å². The fourth-order valence-corrected chi connectivity index (χ4v) is 2.51. The van der Waals surface area contributed by atoms with Crippen LogP contribution in [0.25, 0.3) is 0 Å². The molecule has 0 saturated carbocycles. The van der Waals surface area contributed by atoms with E-state index in [2.05, 4.69) is 26.8 Å². The lowest BCUT2D eigenvalue weighted by atomic mass is 9.85. The summed E-state index contributed by atoms with van der Waals surface area (Å²) in [5.41, 5.74) is 1.36. The number of rotatable bonds is 0. The summed E-state index contributed by atoms with van der Waals surface area (Å²) >= 11 is 0. The summed E-state index contributed by atoms with van der Waals surface area (Å²) in [6, 6.07) is 0. The highest BCUT2D eigenvalue weighted by molar-refractivity contribution is 5.39. The second-order valence-corrected chi connectivity index (χ2v) is 4.25. The van der Waals surface area contributed by atoms with Gasteiger partial charge < -0.3 is 9.47 Å². The van der Waals surface area contributed by atoms with Crippen LogP contribution in [-0.4, -0.2) is 23.4 Å². The molecule has 60 valence electrons. The molecule has 4 atom stereocenters. The molecule has 0 N–H and O–H groups in total. The highest BCUT2D eigenvalue weighted by Gasteiger charge is 2.74. The van der Waals surface area contributed by atoms with Crippen LogP contribution in [0, 0.1) is 0 Å². The van der Waals surface area contributed by atoms with Gasteiger partial charge in [0.1, 0.15) is 23.4 Å². The van der Waals surface area contributed by atoms with Crippen LogP contribution in [0.3, 0.4) is 0 Å². The Morgan fingerprint density at radius 1 is 1.36 bits per heavy atom. The monoisotopic (exact) mass is 152 g/mol. The van der Waals surface area contributed by atoms with Crippen LogP contribution in [-0.2, 0) is 9.47 Å². The highest BCUT2D eigenvalue weighted by Crippen LogP contribution is 2.60. The summed E-state index contributed by atoms with van der Waals surface area (Å²) in [6.07, 6.45) is 2.88. The summed E-state index contributed by atoms with van der Waals surface area (Å²) < 4.78 is 11.2. The number of ether oxygens (including phenoxy) is 2. The summed E-state index contributed by atoms with van der Waals surface area (Å²) in [7, 11) is 0. The second-order valence-electron chi connectivity index (χ2n) is 4.25. The van der Waals surface area contributed by atoms with Gasteiger partial charge in [0.15, 0.2) is 0 Å². The summed E-state index contributed by atoms with van der Waals surface area (Å²) in [6.45, 7) is 6.40. The minimum Gasteiger partial charge on any atom is -0.359 e. The predicted octanol–water partition coefficient (Wildman–Crippen LogP) is 1.26. The molecule has 4 unspecified atom stereocenters. The van der Waals surface area contributed by atoms with Crippen molar-refractivity contribution < 1.29 is 9.47 Å². The van der Waals surface area contributed by atoms with Crippen molar-refractivity contribution in [1.82, 2.24) is 0 Å². The molecule has 0 spiro atoms. The van der Waals surface area contributed by atoms with E-state index in [0.717, 1.165) is 0 Å². The Morgan fingerprint density at radius 2 is 2.09 bits per heavy atom. The number of hydrogen-bond donors (Lipinski definition) is 0. The largest absolute Gasteiger partial charge is 0.359 e. The van der Waals surface area contributed by atoms with Crippen molar-refractivity contribution in [3.8, 4) is 0 Å². The van der Waals surface area contributed by atoms with E-state index >= 15 is 0 Å². The van der Waals surface area contributed by atoms with Crippen molar-refractivity contribution >= 4 is 0 Å². The Bertz CT molecular complexity index is 271. The van der Waals surface area contributed by atoms with Gasteiger partial charge in [-0.3, -0.25) is 0 Å². The second kappa shape index (κ2) is 1.29. The van der Waals surface area contributed by atoms with Crippen LogP contribution in [0.1, 0.15) is 20.8 Å². The van der Waals surface area contributed by atoms with E-state index in [1.165, 1.54) is 5.57 Å². The molecule has 2 nitrogen and oxygen atoms in total. The maximum absolute atomic E-state index is 5.60. The molecular formula is C9H12O2. The first kappa shape index (κ1) is 6.21. The maximum atomic E-state index is 5.60. The van der Waals surface area contributed by atoms with Crippen LogP contribution < -0.4 is 0 Å². The van der Waals surface area contributed by atoms with Crippen molar-refractivity contribution in [2.75, 3.05) is 0 Å². The molecule has 2 aliphatic heterocycles. The Morgan fingerprint density at radius 3 is 2.82 bits per heavy atom. The average molecular weight is 152 g/mol. The summed E-state index contributed by atoms with van der Waals surface area (Å²) in [5.74, 6) is 0. The Hall–Kier alpha value is -0.340. The van der Waals surface area contributed by atoms with E-state index in [1.54, 1.807) is 0 Å². The zero-order valence-electron chi connectivity index (χ0n) is 7.05. The standard InChI is InChI=1S/C9H12O2/c1-5-4-8(2)7(11-8)9(3)6(5)10-9/h4,6-7H,1-3H3. The van der Waals surface area contributed by atoms with Crippen LogP contribution >= 0.6 is 0 Å². The van der Waals surface area contributed by atoms with Crippen LogP contribution in [0.4, 0.5) is 0 Å². The van der Waals surface area contributed by atoms with E-state index in [1.807, 2.05) is 0 Å². The minimum absolute atomic E-state index is 0.00579. The normalized spacial score (nSPS) is 64.5. The molecule has 3 aliphatic rings. The third-order valence-electron chi connectivity index (χ3n) is 3.12. The SMILES string of the molecule is CC1=CC2(C)OC2C2(C)OC12. The van der Waals surface area contributed by atoms with E-state index in [9.17, 15) is 0 Å². The smallest absolute Gasteiger partial charge is 0.125 e. The quantitative estimate of drug-likeness (QED) is 0.385. The van der Waals surface area contributed by atoms with Crippen LogP contribution in [0.15, 0.2) is 11.6 Å². The number of fused-ring (bicyclic) bond motifs is 3. The Kier molecular flexibility index (Phi) is 0.730. The van der Waals surface area contributed by atoms with Gasteiger partial charge >= 0.3 is 0 Å². The van der Waals surface area contributed by atoms with Crippen LogP contribution in [0.2, 0.25) is 0 Å². The molecule has 2 saturated heterocycles. The molecule has 11 heavy (non-hydrogen) atoms. The molecule has 2 heterocycles. The lowest BCUT2D eigenvalue weighted by Crippen LogP contribution is -2.28. The van der Waals surface area contributed by atoms with Gasteiger partial charge in [-0.1, -0.05) is 0 Å². The van der Waals surface area contributed by atoms with E-state index in [4.69, 9.17) is 9.47 Å². The summed E-state index contributed by atoms with van der Waals surface area (Å²) in [5, 5.41) is 0. The van der Waals surface area contributed by atoms with Gasteiger partial charge in [-0.2, -0.15) is 0 Å². The zero-order chi connectivity index (χ0) is 7.85. The molecule has 0 aromatic heterocycles.